The molecule has 0 spiro atoms. The smallest absolute Gasteiger partial charge is 0.172 e. The summed E-state index contributed by atoms with van der Waals surface area (Å²) in [6.45, 7) is 0. The zero-order chi connectivity index (χ0) is 7.40. The molecular weight excluding hydrogens is 130 g/mol. The molecule has 0 aromatic heterocycles. The number of hydrogen-bond acceptors (Lipinski definition) is 3. The zero-order valence-electron chi connectivity index (χ0n) is 6.15. The van der Waals surface area contributed by atoms with E-state index in [1.165, 1.54) is 0 Å². The summed E-state index contributed by atoms with van der Waals surface area (Å²) < 4.78 is 5.06. The van der Waals surface area contributed by atoms with Crippen molar-refractivity contribution in [2.45, 2.75) is 6.23 Å². The lowest BCUT2D eigenvalue weighted by Gasteiger charge is -2.25. The van der Waals surface area contributed by atoms with Crippen molar-refractivity contribution in [1.29, 1.82) is 0 Å². The maximum Gasteiger partial charge on any atom is 0.172 e. The van der Waals surface area contributed by atoms with Crippen LogP contribution in [0.4, 0.5) is 0 Å². The van der Waals surface area contributed by atoms with Crippen molar-refractivity contribution in [3.63, 3.8) is 0 Å². The normalized spacial score (nSPS) is 23.8. The highest BCUT2D eigenvalue weighted by molar-refractivity contribution is 5.09. The lowest BCUT2D eigenvalue weighted by atomic mass is 10.4. The zero-order valence-corrected chi connectivity index (χ0v) is 6.15. The van der Waals surface area contributed by atoms with Gasteiger partial charge in [0.25, 0.3) is 0 Å². The average Bonchev–Trinajstić information content (AvgIpc) is 2.04. The average molecular weight is 141 g/mol. The Morgan fingerprint density at radius 2 is 2.10 bits per heavy atom. The molecule has 0 N–H and O–H groups in total. The first kappa shape index (κ1) is 7.31. The molecule has 1 aliphatic heterocycles. The Bertz CT molecular complexity index is 136. The quantitative estimate of drug-likeness (QED) is 0.570. The van der Waals surface area contributed by atoms with Crippen molar-refractivity contribution in [2.75, 3.05) is 14.2 Å². The molecule has 3 heteroatoms. The van der Waals surface area contributed by atoms with Gasteiger partial charge in [-0.25, -0.2) is 5.06 Å². The topological polar surface area (TPSA) is 21.7 Å². The number of ether oxygens (including phenoxy) is 1. The van der Waals surface area contributed by atoms with E-state index in [2.05, 4.69) is 0 Å². The molecule has 0 aromatic rings. The molecule has 0 saturated carbocycles. The number of hydrogen-bond donors (Lipinski definition) is 0. The van der Waals surface area contributed by atoms with E-state index in [1.54, 1.807) is 19.3 Å². The molecule has 1 aliphatic rings. The first-order valence-corrected chi connectivity index (χ1v) is 3.08. The Morgan fingerprint density at radius 3 is 2.60 bits per heavy atom. The predicted molar refractivity (Wildman–Crippen MR) is 37.9 cm³/mol. The lowest BCUT2D eigenvalue weighted by Crippen LogP contribution is -2.30. The van der Waals surface area contributed by atoms with Crippen LogP contribution in [0.1, 0.15) is 0 Å². The highest BCUT2D eigenvalue weighted by Gasteiger charge is 2.11. The molecule has 0 amide bonds. The number of allylic oxidation sites excluding steroid dienone is 2. The highest BCUT2D eigenvalue weighted by Crippen LogP contribution is 2.07. The van der Waals surface area contributed by atoms with Crippen LogP contribution in [0.5, 0.6) is 0 Å². The van der Waals surface area contributed by atoms with Gasteiger partial charge in [-0.05, 0) is 12.2 Å². The molecular formula is C7H11NO2. The van der Waals surface area contributed by atoms with E-state index in [1.807, 2.05) is 24.4 Å². The maximum absolute atomic E-state index is 5.06. The summed E-state index contributed by atoms with van der Waals surface area (Å²) in [6, 6.07) is 0. The molecule has 56 valence electrons. The molecule has 0 radical (unpaired) electrons. The standard InChI is InChI=1S/C7H11NO2/c1-9-7-5-3-4-6-8(7)10-2/h3-7H,1-2H3. The predicted octanol–water partition coefficient (Wildman–Crippen LogP) is 0.906. The second-order valence-corrected chi connectivity index (χ2v) is 1.90. The molecule has 1 rings (SSSR count). The summed E-state index contributed by atoms with van der Waals surface area (Å²) >= 11 is 0. The molecule has 1 heterocycles. The van der Waals surface area contributed by atoms with Crippen LogP contribution >= 0.6 is 0 Å². The van der Waals surface area contributed by atoms with E-state index in [9.17, 15) is 0 Å². The fourth-order valence-electron chi connectivity index (χ4n) is 0.811. The third-order valence-corrected chi connectivity index (χ3v) is 1.32. The number of nitrogens with zero attached hydrogens (tertiary/aromatic N) is 1. The van der Waals surface area contributed by atoms with E-state index >= 15 is 0 Å². The molecule has 0 saturated heterocycles. The van der Waals surface area contributed by atoms with Gasteiger partial charge in [0.05, 0.1) is 7.11 Å². The minimum atomic E-state index is -0.0880. The van der Waals surface area contributed by atoms with Crippen LogP contribution in [-0.4, -0.2) is 25.5 Å². The van der Waals surface area contributed by atoms with Gasteiger partial charge in [0.15, 0.2) is 6.23 Å². The van der Waals surface area contributed by atoms with Crippen molar-refractivity contribution >= 4 is 0 Å². The van der Waals surface area contributed by atoms with Crippen LogP contribution in [0.2, 0.25) is 0 Å². The number of hydroxylamine groups is 2. The minimum Gasteiger partial charge on any atom is -0.356 e. The molecule has 10 heavy (non-hydrogen) atoms. The van der Waals surface area contributed by atoms with Gasteiger partial charge >= 0.3 is 0 Å². The molecule has 0 fully saturated rings. The Morgan fingerprint density at radius 1 is 1.30 bits per heavy atom. The molecule has 0 bridgehead atoms. The van der Waals surface area contributed by atoms with Gasteiger partial charge in [-0.2, -0.15) is 0 Å². The summed E-state index contributed by atoms with van der Waals surface area (Å²) in [7, 11) is 3.25. The van der Waals surface area contributed by atoms with Gasteiger partial charge in [-0.1, -0.05) is 6.08 Å². The van der Waals surface area contributed by atoms with E-state index in [0.717, 1.165) is 0 Å². The second kappa shape index (κ2) is 3.39. The van der Waals surface area contributed by atoms with Crippen LogP contribution in [0.15, 0.2) is 24.4 Å². The third-order valence-electron chi connectivity index (χ3n) is 1.32. The summed E-state index contributed by atoms with van der Waals surface area (Å²) in [4.78, 5) is 4.96. The fraction of sp³-hybridized carbons (Fsp3) is 0.429. The number of methoxy groups -OCH3 is 1. The van der Waals surface area contributed by atoms with E-state index < -0.39 is 0 Å². The Hall–Kier alpha value is -0.800. The van der Waals surface area contributed by atoms with E-state index in [4.69, 9.17) is 9.57 Å². The Kier molecular flexibility index (Phi) is 2.48. The molecule has 1 unspecified atom stereocenters. The lowest BCUT2D eigenvalue weighted by molar-refractivity contribution is -0.178. The fourth-order valence-corrected chi connectivity index (χ4v) is 0.811. The monoisotopic (exact) mass is 141 g/mol. The van der Waals surface area contributed by atoms with Crippen molar-refractivity contribution in [3.05, 3.63) is 24.4 Å². The molecule has 0 aromatic carbocycles. The van der Waals surface area contributed by atoms with Gasteiger partial charge in [-0.15, -0.1) is 0 Å². The summed E-state index contributed by atoms with van der Waals surface area (Å²) in [5, 5.41) is 1.62. The Balaban J connectivity index is 2.55. The van der Waals surface area contributed by atoms with E-state index in [-0.39, 0.29) is 6.23 Å². The van der Waals surface area contributed by atoms with Gasteiger partial charge in [0, 0.05) is 13.3 Å². The van der Waals surface area contributed by atoms with Crippen molar-refractivity contribution < 1.29 is 9.57 Å². The highest BCUT2D eigenvalue weighted by atomic mass is 16.7. The van der Waals surface area contributed by atoms with Gasteiger partial charge in [0.2, 0.25) is 0 Å². The molecule has 0 aliphatic carbocycles. The summed E-state index contributed by atoms with van der Waals surface area (Å²) in [5.74, 6) is 0. The Labute approximate surface area is 60.5 Å². The van der Waals surface area contributed by atoms with Crippen LogP contribution < -0.4 is 0 Å². The van der Waals surface area contributed by atoms with Gasteiger partial charge in [-0.3, -0.25) is 4.84 Å². The van der Waals surface area contributed by atoms with Crippen LogP contribution in [0.25, 0.3) is 0 Å². The van der Waals surface area contributed by atoms with Crippen molar-refractivity contribution in [1.82, 2.24) is 5.06 Å². The molecule has 3 nitrogen and oxygen atoms in total. The van der Waals surface area contributed by atoms with Crippen LogP contribution in [0.3, 0.4) is 0 Å². The number of rotatable bonds is 2. The van der Waals surface area contributed by atoms with Gasteiger partial charge < -0.3 is 4.74 Å². The maximum atomic E-state index is 5.06. The third kappa shape index (κ3) is 1.37. The first-order valence-electron chi connectivity index (χ1n) is 3.08. The summed E-state index contributed by atoms with van der Waals surface area (Å²) in [5.41, 5.74) is 0. The SMILES string of the molecule is COC1C=CC=CN1OC. The minimum absolute atomic E-state index is 0.0880. The van der Waals surface area contributed by atoms with Crippen LogP contribution in [0, 0.1) is 0 Å². The first-order chi connectivity index (χ1) is 4.88. The van der Waals surface area contributed by atoms with Crippen molar-refractivity contribution in [3.8, 4) is 0 Å². The molecule has 1 atom stereocenters. The van der Waals surface area contributed by atoms with Crippen molar-refractivity contribution in [2.24, 2.45) is 0 Å². The summed E-state index contributed by atoms with van der Waals surface area (Å²) in [6.07, 6.45) is 7.44. The second-order valence-electron chi connectivity index (χ2n) is 1.90. The van der Waals surface area contributed by atoms with E-state index in [0.29, 0.717) is 0 Å². The van der Waals surface area contributed by atoms with Gasteiger partial charge in [0.1, 0.15) is 0 Å². The largest absolute Gasteiger partial charge is 0.356 e. The van der Waals surface area contributed by atoms with Crippen LogP contribution in [-0.2, 0) is 9.57 Å².